The summed E-state index contributed by atoms with van der Waals surface area (Å²) in [6.45, 7) is 5.17. The van der Waals surface area contributed by atoms with E-state index in [0.29, 0.717) is 25.9 Å². The third-order valence-electron chi connectivity index (χ3n) is 6.19. The van der Waals surface area contributed by atoms with Gasteiger partial charge in [-0.05, 0) is 66.8 Å². The van der Waals surface area contributed by atoms with Crippen LogP contribution in [-0.2, 0) is 10.3 Å². The van der Waals surface area contributed by atoms with E-state index in [1.54, 1.807) is 11.3 Å². The number of hydrogen-bond acceptors (Lipinski definition) is 6. The number of amides is 1. The predicted octanol–water partition coefficient (Wildman–Crippen LogP) is 3.67. The molecule has 1 saturated heterocycles. The van der Waals surface area contributed by atoms with Gasteiger partial charge in [-0.25, -0.2) is 0 Å². The molecule has 0 spiro atoms. The summed E-state index contributed by atoms with van der Waals surface area (Å²) in [6, 6.07) is 8.12. The van der Waals surface area contributed by atoms with E-state index in [0.717, 1.165) is 39.4 Å². The van der Waals surface area contributed by atoms with Crippen LogP contribution in [0.3, 0.4) is 0 Å². The minimum atomic E-state index is -0.884. The molecule has 7 heteroatoms. The number of nitrogens with one attached hydrogen (secondary N) is 1. The number of benzene rings is 1. The molecule has 150 valence electrons. The maximum atomic E-state index is 13.5. The first-order valence-electron chi connectivity index (χ1n) is 9.87. The zero-order valence-electron chi connectivity index (χ0n) is 16.4. The number of carbonyl (C=O) groups is 1. The molecule has 29 heavy (non-hydrogen) atoms. The Bertz CT molecular complexity index is 1050. The fraction of sp³-hybridized carbons (Fsp3) is 0.364. The quantitative estimate of drug-likeness (QED) is 0.690. The van der Waals surface area contributed by atoms with Gasteiger partial charge in [0, 0.05) is 29.9 Å². The van der Waals surface area contributed by atoms with Crippen molar-refractivity contribution in [1.29, 1.82) is 0 Å². The number of piperidine rings is 1. The van der Waals surface area contributed by atoms with E-state index in [2.05, 4.69) is 26.8 Å². The maximum absolute atomic E-state index is 13.5. The molecule has 5 rings (SSSR count). The Labute approximate surface area is 173 Å². The SMILES string of the molecule is Cc1noc(C)c1-c1ccc2c(c1)C(c1ccsc1)(N1CCC(O)CC1)C(=O)N2. The monoisotopic (exact) mass is 409 g/mol. The minimum Gasteiger partial charge on any atom is -0.393 e. The zero-order valence-corrected chi connectivity index (χ0v) is 17.3. The summed E-state index contributed by atoms with van der Waals surface area (Å²) in [5.74, 6) is 0.736. The number of thiophene rings is 1. The molecule has 2 N–H and O–H groups in total. The number of aliphatic hydroxyl groups is 1. The highest BCUT2D eigenvalue weighted by molar-refractivity contribution is 7.08. The van der Waals surface area contributed by atoms with Gasteiger partial charge in [-0.15, -0.1) is 0 Å². The summed E-state index contributed by atoms with van der Waals surface area (Å²) < 4.78 is 5.37. The molecule has 0 radical (unpaired) electrons. The smallest absolute Gasteiger partial charge is 0.254 e. The van der Waals surface area contributed by atoms with Crippen molar-refractivity contribution in [3.8, 4) is 11.1 Å². The second-order valence-electron chi connectivity index (χ2n) is 7.85. The van der Waals surface area contributed by atoms with E-state index in [4.69, 9.17) is 4.52 Å². The number of anilines is 1. The number of carbonyl (C=O) groups excluding carboxylic acids is 1. The molecule has 2 aromatic heterocycles. The highest BCUT2D eigenvalue weighted by atomic mass is 32.1. The third-order valence-corrected chi connectivity index (χ3v) is 6.87. The van der Waals surface area contributed by atoms with Crippen molar-refractivity contribution < 1.29 is 14.4 Å². The van der Waals surface area contributed by atoms with E-state index in [1.807, 2.05) is 37.4 Å². The lowest BCUT2D eigenvalue weighted by Gasteiger charge is -2.42. The molecule has 1 amide bonds. The molecule has 4 heterocycles. The van der Waals surface area contributed by atoms with Crippen molar-refractivity contribution in [2.75, 3.05) is 18.4 Å². The topological polar surface area (TPSA) is 78.6 Å². The Hall–Kier alpha value is -2.48. The molecule has 0 bridgehead atoms. The number of aliphatic hydroxyl groups excluding tert-OH is 1. The Morgan fingerprint density at radius 3 is 2.72 bits per heavy atom. The largest absolute Gasteiger partial charge is 0.393 e. The third kappa shape index (κ3) is 2.68. The van der Waals surface area contributed by atoms with Gasteiger partial charge in [-0.3, -0.25) is 9.69 Å². The molecular weight excluding hydrogens is 386 g/mol. The average Bonchev–Trinajstić information content (AvgIpc) is 3.41. The average molecular weight is 410 g/mol. The van der Waals surface area contributed by atoms with Crippen LogP contribution in [0.4, 0.5) is 5.69 Å². The lowest BCUT2D eigenvalue weighted by molar-refractivity contribution is -0.126. The van der Waals surface area contributed by atoms with Crippen LogP contribution in [0.25, 0.3) is 11.1 Å². The predicted molar refractivity (Wildman–Crippen MR) is 112 cm³/mol. The molecule has 1 unspecified atom stereocenters. The summed E-state index contributed by atoms with van der Waals surface area (Å²) in [5.41, 5.74) is 4.68. The first-order chi connectivity index (χ1) is 14.0. The number of fused-ring (bicyclic) bond motifs is 1. The van der Waals surface area contributed by atoms with Crippen LogP contribution in [0.15, 0.2) is 39.5 Å². The van der Waals surface area contributed by atoms with Crippen LogP contribution in [0, 0.1) is 13.8 Å². The molecule has 1 aromatic carbocycles. The Morgan fingerprint density at radius 2 is 2.07 bits per heavy atom. The van der Waals surface area contributed by atoms with Crippen LogP contribution < -0.4 is 5.32 Å². The molecule has 0 aliphatic carbocycles. The van der Waals surface area contributed by atoms with Crippen molar-refractivity contribution in [1.82, 2.24) is 10.1 Å². The summed E-state index contributed by atoms with van der Waals surface area (Å²) in [6.07, 6.45) is 1.03. The van der Waals surface area contributed by atoms with E-state index in [-0.39, 0.29) is 12.0 Å². The summed E-state index contributed by atoms with van der Waals surface area (Å²) >= 11 is 1.59. The van der Waals surface area contributed by atoms with E-state index in [1.165, 1.54) is 0 Å². The highest BCUT2D eigenvalue weighted by Gasteiger charge is 2.53. The molecule has 6 nitrogen and oxygen atoms in total. The van der Waals surface area contributed by atoms with Gasteiger partial charge in [-0.1, -0.05) is 11.2 Å². The lowest BCUT2D eigenvalue weighted by atomic mass is 9.81. The second-order valence-corrected chi connectivity index (χ2v) is 8.63. The van der Waals surface area contributed by atoms with Gasteiger partial charge in [0.2, 0.25) is 0 Å². The van der Waals surface area contributed by atoms with Crippen molar-refractivity contribution in [2.24, 2.45) is 0 Å². The van der Waals surface area contributed by atoms with Gasteiger partial charge >= 0.3 is 0 Å². The normalized spacial score (nSPS) is 22.7. The van der Waals surface area contributed by atoms with E-state index in [9.17, 15) is 9.90 Å². The van der Waals surface area contributed by atoms with Gasteiger partial charge in [-0.2, -0.15) is 11.3 Å². The van der Waals surface area contributed by atoms with Crippen LogP contribution in [-0.4, -0.2) is 40.3 Å². The summed E-state index contributed by atoms with van der Waals surface area (Å²) in [5, 5.41) is 21.3. The van der Waals surface area contributed by atoms with Crippen molar-refractivity contribution >= 4 is 22.9 Å². The van der Waals surface area contributed by atoms with Gasteiger partial charge < -0.3 is 14.9 Å². The number of likely N-dealkylation sites (tertiary alicyclic amines) is 1. The van der Waals surface area contributed by atoms with E-state index >= 15 is 0 Å². The zero-order chi connectivity index (χ0) is 20.2. The molecule has 0 saturated carbocycles. The van der Waals surface area contributed by atoms with Crippen LogP contribution in [0.1, 0.15) is 35.4 Å². The molecule has 3 aromatic rings. The van der Waals surface area contributed by atoms with Crippen LogP contribution in [0.5, 0.6) is 0 Å². The summed E-state index contributed by atoms with van der Waals surface area (Å²) in [7, 11) is 0. The number of rotatable bonds is 3. The Morgan fingerprint density at radius 1 is 1.28 bits per heavy atom. The summed E-state index contributed by atoms with van der Waals surface area (Å²) in [4.78, 5) is 15.7. The van der Waals surface area contributed by atoms with Crippen LogP contribution in [0.2, 0.25) is 0 Å². The highest BCUT2D eigenvalue weighted by Crippen LogP contribution is 2.48. The minimum absolute atomic E-state index is 0.0294. The standard InChI is InChI=1S/C22H23N3O3S/c1-13-20(14(2)28-24-13)15-3-4-19-18(11-15)22(21(27)23-19,16-7-10-29-12-16)25-8-5-17(26)6-9-25/h3-4,7,10-12,17,26H,5-6,8-9H2,1-2H3,(H,23,27). The molecule has 2 aliphatic rings. The maximum Gasteiger partial charge on any atom is 0.254 e. The number of hydrogen-bond donors (Lipinski definition) is 2. The van der Waals surface area contributed by atoms with Crippen molar-refractivity contribution in [3.63, 3.8) is 0 Å². The van der Waals surface area contributed by atoms with Crippen LogP contribution >= 0.6 is 11.3 Å². The Kier molecular flexibility index (Phi) is 4.34. The van der Waals surface area contributed by atoms with Crippen molar-refractivity contribution in [2.45, 2.75) is 38.3 Å². The Balaban J connectivity index is 1.72. The van der Waals surface area contributed by atoms with Crippen molar-refractivity contribution in [3.05, 3.63) is 57.6 Å². The second kappa shape index (κ2) is 6.79. The number of aryl methyl sites for hydroxylation is 2. The van der Waals surface area contributed by atoms with Gasteiger partial charge in [0.05, 0.1) is 11.8 Å². The van der Waals surface area contributed by atoms with Gasteiger partial charge in [0.25, 0.3) is 5.91 Å². The number of aromatic nitrogens is 1. The fourth-order valence-corrected chi connectivity index (χ4v) is 5.49. The molecule has 2 aliphatic heterocycles. The number of nitrogens with zero attached hydrogens (tertiary/aromatic N) is 2. The van der Waals surface area contributed by atoms with Gasteiger partial charge in [0.1, 0.15) is 5.76 Å². The fourth-order valence-electron chi connectivity index (χ4n) is 4.79. The molecular formula is C22H23N3O3S. The molecule has 1 fully saturated rings. The lowest BCUT2D eigenvalue weighted by Crippen LogP contribution is -2.55. The first-order valence-corrected chi connectivity index (χ1v) is 10.8. The van der Waals surface area contributed by atoms with Gasteiger partial charge in [0.15, 0.2) is 5.54 Å². The first kappa shape index (κ1) is 18.5. The molecule has 1 atom stereocenters. The van der Waals surface area contributed by atoms with E-state index < -0.39 is 5.54 Å².